The third-order valence-corrected chi connectivity index (χ3v) is 5.70. The number of carbonyl (C=O) groups is 1. The van der Waals surface area contributed by atoms with E-state index in [2.05, 4.69) is 55.9 Å². The highest BCUT2D eigenvalue weighted by Crippen LogP contribution is 2.42. The molecule has 0 saturated carbocycles. The van der Waals surface area contributed by atoms with E-state index in [9.17, 15) is 9.90 Å². The van der Waals surface area contributed by atoms with E-state index >= 15 is 0 Å². The van der Waals surface area contributed by atoms with Crippen LogP contribution in [-0.2, 0) is 11.8 Å². The lowest BCUT2D eigenvalue weighted by Crippen LogP contribution is -2.09. The Bertz CT molecular complexity index is 1120. The van der Waals surface area contributed by atoms with Crippen LogP contribution in [0.15, 0.2) is 49.5 Å². The van der Waals surface area contributed by atoms with Crippen LogP contribution in [0.25, 0.3) is 10.9 Å². The van der Waals surface area contributed by atoms with E-state index in [1.165, 1.54) is 0 Å². The van der Waals surface area contributed by atoms with Gasteiger partial charge in [-0.15, -0.1) is 10.2 Å². The first-order valence-corrected chi connectivity index (χ1v) is 10.6. The normalized spacial score (nSPS) is 11.7. The fourth-order valence-electron chi connectivity index (χ4n) is 2.98. The van der Waals surface area contributed by atoms with Crippen LogP contribution in [0.5, 0.6) is 11.6 Å². The number of hydrogen-bond acceptors (Lipinski definition) is 4. The maximum absolute atomic E-state index is 12.2. The second kappa shape index (κ2) is 8.67. The fourth-order valence-corrected chi connectivity index (χ4v) is 4.47. The lowest BCUT2D eigenvalue weighted by molar-refractivity contribution is -0.120. The molecule has 0 radical (unpaired) electrons. The molecule has 0 aliphatic carbocycles. The van der Waals surface area contributed by atoms with Crippen molar-refractivity contribution < 1.29 is 14.6 Å². The van der Waals surface area contributed by atoms with E-state index in [1.807, 2.05) is 37.3 Å². The van der Waals surface area contributed by atoms with Gasteiger partial charge in [0.2, 0.25) is 5.88 Å². The first-order chi connectivity index (χ1) is 13.7. The first-order valence-electron chi connectivity index (χ1n) is 9.03. The first kappa shape index (κ1) is 21.5. The van der Waals surface area contributed by atoms with Crippen molar-refractivity contribution >= 4 is 54.4 Å². The lowest BCUT2D eigenvalue weighted by Gasteiger charge is -2.11. The quantitative estimate of drug-likeness (QED) is 0.387. The van der Waals surface area contributed by atoms with Gasteiger partial charge in [0.25, 0.3) is 0 Å². The molecule has 3 rings (SSSR count). The summed E-state index contributed by atoms with van der Waals surface area (Å²) in [5.41, 5.74) is 3.07. The van der Waals surface area contributed by atoms with Gasteiger partial charge >= 0.3 is 5.91 Å². The number of aryl methyl sites for hydroxylation is 2. The van der Waals surface area contributed by atoms with Crippen molar-refractivity contribution in [2.24, 2.45) is 17.3 Å². The number of rotatable bonds is 5. The molecule has 29 heavy (non-hydrogen) atoms. The van der Waals surface area contributed by atoms with Crippen molar-refractivity contribution in [2.75, 3.05) is 6.61 Å². The molecule has 0 saturated heterocycles. The zero-order valence-electron chi connectivity index (χ0n) is 16.5. The highest BCUT2D eigenvalue weighted by molar-refractivity contribution is 9.11. The van der Waals surface area contributed by atoms with Crippen molar-refractivity contribution in [3.63, 3.8) is 0 Å². The largest absolute Gasteiger partial charge is 0.493 e. The number of amides is 1. The van der Waals surface area contributed by atoms with Crippen LogP contribution in [0.2, 0.25) is 0 Å². The smallest absolute Gasteiger partial charge is 0.302 e. The predicted molar refractivity (Wildman–Crippen MR) is 120 cm³/mol. The number of aromatic hydroxyl groups is 1. The molecule has 3 aromatic rings. The number of aromatic nitrogens is 1. The SMILES string of the molecule is Cc1ccc(C(C)C)cc1OCC(=O)N=Nc1c(O)n(C)c2c(Br)cc(Br)cc12. The Morgan fingerprint density at radius 2 is 1.97 bits per heavy atom. The molecule has 0 unspecified atom stereocenters. The zero-order valence-corrected chi connectivity index (χ0v) is 19.7. The highest BCUT2D eigenvalue weighted by Gasteiger charge is 2.18. The molecule has 0 aliphatic rings. The van der Waals surface area contributed by atoms with Gasteiger partial charge in [0.1, 0.15) is 5.75 Å². The maximum Gasteiger partial charge on any atom is 0.302 e. The molecule has 0 atom stereocenters. The second-order valence-electron chi connectivity index (χ2n) is 7.08. The van der Waals surface area contributed by atoms with Gasteiger partial charge in [-0.1, -0.05) is 41.9 Å². The van der Waals surface area contributed by atoms with Crippen LogP contribution in [0.1, 0.15) is 30.9 Å². The van der Waals surface area contributed by atoms with Crippen molar-refractivity contribution in [1.82, 2.24) is 4.57 Å². The molecule has 1 aromatic heterocycles. The molecular formula is C21H21Br2N3O3. The Balaban J connectivity index is 1.80. The molecule has 1 N–H and O–H groups in total. The summed E-state index contributed by atoms with van der Waals surface area (Å²) in [5, 5.41) is 18.8. The lowest BCUT2D eigenvalue weighted by atomic mass is 10.0. The van der Waals surface area contributed by atoms with Crippen LogP contribution in [0, 0.1) is 6.92 Å². The van der Waals surface area contributed by atoms with E-state index < -0.39 is 5.91 Å². The summed E-state index contributed by atoms with van der Waals surface area (Å²) in [6, 6.07) is 9.65. The fraction of sp³-hybridized carbons (Fsp3) is 0.286. The van der Waals surface area contributed by atoms with Gasteiger partial charge in [-0.05, 0) is 58.1 Å². The van der Waals surface area contributed by atoms with Crippen LogP contribution in [0.3, 0.4) is 0 Å². The van der Waals surface area contributed by atoms with Gasteiger partial charge < -0.3 is 14.4 Å². The Morgan fingerprint density at radius 3 is 2.66 bits per heavy atom. The number of fused-ring (bicyclic) bond motifs is 1. The topological polar surface area (TPSA) is 76.2 Å². The third kappa shape index (κ3) is 4.53. The minimum absolute atomic E-state index is 0.0725. The molecule has 0 spiro atoms. The minimum atomic E-state index is -0.537. The van der Waals surface area contributed by atoms with E-state index in [4.69, 9.17) is 4.74 Å². The average molecular weight is 523 g/mol. The Labute approximate surface area is 185 Å². The summed E-state index contributed by atoms with van der Waals surface area (Å²) in [7, 11) is 1.71. The Kier molecular flexibility index (Phi) is 6.43. The van der Waals surface area contributed by atoms with Crippen LogP contribution < -0.4 is 4.74 Å². The summed E-state index contributed by atoms with van der Waals surface area (Å²) in [4.78, 5) is 12.2. The molecule has 2 aromatic carbocycles. The Hall–Kier alpha value is -2.19. The zero-order chi connectivity index (χ0) is 21.3. The molecular weight excluding hydrogens is 502 g/mol. The van der Waals surface area contributed by atoms with Crippen molar-refractivity contribution in [2.45, 2.75) is 26.7 Å². The molecule has 0 bridgehead atoms. The van der Waals surface area contributed by atoms with E-state index in [0.717, 1.165) is 25.6 Å². The Morgan fingerprint density at radius 1 is 1.24 bits per heavy atom. The number of carbonyl (C=O) groups excluding carboxylic acids is 1. The standard InChI is InChI=1S/C21H21Br2N3O3/c1-11(2)13-6-5-12(3)17(7-13)29-10-18(27)24-25-19-15-8-14(22)9-16(23)20(15)26(4)21(19)28/h5-9,11,28H,10H2,1-4H3. The van der Waals surface area contributed by atoms with Crippen molar-refractivity contribution in [3.8, 4) is 11.6 Å². The van der Waals surface area contributed by atoms with Gasteiger partial charge in [-0.25, -0.2) is 0 Å². The molecule has 0 fully saturated rings. The predicted octanol–water partition coefficient (Wildman–Crippen LogP) is 6.53. The van der Waals surface area contributed by atoms with Crippen LogP contribution >= 0.6 is 31.9 Å². The molecule has 1 heterocycles. The van der Waals surface area contributed by atoms with E-state index in [-0.39, 0.29) is 18.2 Å². The number of hydrogen-bond donors (Lipinski definition) is 1. The summed E-state index contributed by atoms with van der Waals surface area (Å²) in [5.74, 6) is 0.406. The minimum Gasteiger partial charge on any atom is -0.493 e. The van der Waals surface area contributed by atoms with Crippen molar-refractivity contribution in [3.05, 3.63) is 50.4 Å². The van der Waals surface area contributed by atoms with Crippen molar-refractivity contribution in [1.29, 1.82) is 0 Å². The summed E-state index contributed by atoms with van der Waals surface area (Å²) in [6.45, 7) is 5.89. The number of benzene rings is 2. The summed E-state index contributed by atoms with van der Waals surface area (Å²) < 4.78 is 8.84. The molecule has 152 valence electrons. The van der Waals surface area contributed by atoms with Crippen LogP contribution in [-0.4, -0.2) is 22.2 Å². The monoisotopic (exact) mass is 521 g/mol. The molecule has 8 heteroatoms. The number of azo groups is 1. The van der Waals surface area contributed by atoms with Gasteiger partial charge in [0, 0.05) is 21.4 Å². The highest BCUT2D eigenvalue weighted by atomic mass is 79.9. The summed E-state index contributed by atoms with van der Waals surface area (Å²) in [6.07, 6.45) is 0. The van der Waals surface area contributed by atoms with E-state index in [1.54, 1.807) is 11.6 Å². The number of ether oxygens (including phenoxy) is 1. The van der Waals surface area contributed by atoms with E-state index in [0.29, 0.717) is 17.1 Å². The van der Waals surface area contributed by atoms with Crippen LogP contribution in [0.4, 0.5) is 5.69 Å². The molecule has 0 aliphatic heterocycles. The number of halogens is 2. The second-order valence-corrected chi connectivity index (χ2v) is 8.85. The maximum atomic E-state index is 12.2. The van der Waals surface area contributed by atoms with Gasteiger partial charge in [0.15, 0.2) is 12.3 Å². The summed E-state index contributed by atoms with van der Waals surface area (Å²) >= 11 is 6.90. The van der Waals surface area contributed by atoms with Gasteiger partial charge in [-0.3, -0.25) is 4.79 Å². The third-order valence-electron chi connectivity index (χ3n) is 4.64. The van der Waals surface area contributed by atoms with Gasteiger partial charge in [0.05, 0.1) is 5.52 Å². The number of nitrogens with zero attached hydrogens (tertiary/aromatic N) is 3. The molecule has 6 nitrogen and oxygen atoms in total. The van der Waals surface area contributed by atoms with Gasteiger partial charge in [-0.2, -0.15) is 0 Å². The average Bonchev–Trinajstić information content (AvgIpc) is 2.89. The molecule has 1 amide bonds.